The number of nitriles is 1. The number of benzene rings is 1. The molecular weight excluding hydrogens is 252 g/mol. The Bertz CT molecular complexity index is 641. The van der Waals surface area contributed by atoms with Crippen molar-refractivity contribution >= 4 is 11.6 Å². The molecule has 1 amide bonds. The average Bonchev–Trinajstić information content (AvgIpc) is 2.48. The van der Waals surface area contributed by atoms with E-state index in [4.69, 9.17) is 11.0 Å². The van der Waals surface area contributed by atoms with E-state index in [1.807, 2.05) is 19.1 Å². The molecule has 2 rings (SSSR count). The highest BCUT2D eigenvalue weighted by molar-refractivity contribution is 5.92. The van der Waals surface area contributed by atoms with Crippen molar-refractivity contribution in [2.24, 2.45) is 0 Å². The second-order valence-electron chi connectivity index (χ2n) is 4.41. The zero-order valence-corrected chi connectivity index (χ0v) is 11.0. The molecule has 0 saturated heterocycles. The summed E-state index contributed by atoms with van der Waals surface area (Å²) in [5.74, 6) is -0.262. The van der Waals surface area contributed by atoms with Crippen LogP contribution in [-0.2, 0) is 0 Å². The second kappa shape index (κ2) is 5.85. The SMILES string of the molecule is CC(NC(=O)c1ccc(N)cn1)c1ccc(C#N)cc1. The van der Waals surface area contributed by atoms with Crippen LogP contribution >= 0.6 is 0 Å². The Hall–Kier alpha value is -2.87. The van der Waals surface area contributed by atoms with Crippen molar-refractivity contribution in [1.29, 1.82) is 5.26 Å². The van der Waals surface area contributed by atoms with Crippen LogP contribution in [0.2, 0.25) is 0 Å². The van der Waals surface area contributed by atoms with Gasteiger partial charge in [0.1, 0.15) is 5.69 Å². The molecule has 1 unspecified atom stereocenters. The van der Waals surface area contributed by atoms with Gasteiger partial charge in [-0.3, -0.25) is 4.79 Å². The highest BCUT2D eigenvalue weighted by Gasteiger charge is 2.12. The summed E-state index contributed by atoms with van der Waals surface area (Å²) in [4.78, 5) is 16.0. The Labute approximate surface area is 117 Å². The number of rotatable bonds is 3. The smallest absolute Gasteiger partial charge is 0.270 e. The lowest BCUT2D eigenvalue weighted by Crippen LogP contribution is -2.27. The van der Waals surface area contributed by atoms with Gasteiger partial charge in [0, 0.05) is 0 Å². The maximum Gasteiger partial charge on any atom is 0.270 e. The minimum absolute atomic E-state index is 0.172. The quantitative estimate of drug-likeness (QED) is 0.889. The normalized spacial score (nSPS) is 11.4. The third-order valence-corrected chi connectivity index (χ3v) is 2.91. The average molecular weight is 266 g/mol. The molecule has 5 nitrogen and oxygen atoms in total. The third kappa shape index (κ3) is 3.12. The highest BCUT2D eigenvalue weighted by atomic mass is 16.1. The number of hydrogen-bond donors (Lipinski definition) is 2. The topological polar surface area (TPSA) is 91.8 Å². The van der Waals surface area contributed by atoms with Crippen LogP contribution in [0.1, 0.15) is 34.6 Å². The lowest BCUT2D eigenvalue weighted by Gasteiger charge is -2.14. The van der Waals surface area contributed by atoms with E-state index in [1.165, 1.54) is 6.20 Å². The largest absolute Gasteiger partial charge is 0.397 e. The molecule has 1 heterocycles. The minimum atomic E-state index is -0.262. The molecule has 0 radical (unpaired) electrons. The number of hydrogen-bond acceptors (Lipinski definition) is 4. The van der Waals surface area contributed by atoms with Crippen molar-refractivity contribution in [3.8, 4) is 6.07 Å². The second-order valence-corrected chi connectivity index (χ2v) is 4.41. The molecule has 0 spiro atoms. The van der Waals surface area contributed by atoms with Crippen LogP contribution in [-0.4, -0.2) is 10.9 Å². The number of nitrogen functional groups attached to an aromatic ring is 1. The molecule has 5 heteroatoms. The van der Waals surface area contributed by atoms with Crippen molar-refractivity contribution in [2.75, 3.05) is 5.73 Å². The van der Waals surface area contributed by atoms with Crippen LogP contribution < -0.4 is 11.1 Å². The molecule has 3 N–H and O–H groups in total. The molecular formula is C15H14N4O. The van der Waals surface area contributed by atoms with E-state index in [0.717, 1.165) is 5.56 Å². The summed E-state index contributed by atoms with van der Waals surface area (Å²) in [7, 11) is 0. The summed E-state index contributed by atoms with van der Waals surface area (Å²) in [6, 6.07) is 12.2. The first-order valence-corrected chi connectivity index (χ1v) is 6.12. The van der Waals surface area contributed by atoms with E-state index in [-0.39, 0.29) is 11.9 Å². The minimum Gasteiger partial charge on any atom is -0.397 e. The van der Waals surface area contributed by atoms with Crippen LogP contribution in [0.4, 0.5) is 5.69 Å². The fourth-order valence-corrected chi connectivity index (χ4v) is 1.74. The molecule has 1 aromatic carbocycles. The van der Waals surface area contributed by atoms with Gasteiger partial charge in [0.2, 0.25) is 0 Å². The number of anilines is 1. The number of nitrogens with two attached hydrogens (primary N) is 1. The number of carbonyl (C=O) groups excluding carboxylic acids is 1. The van der Waals surface area contributed by atoms with Gasteiger partial charge >= 0.3 is 0 Å². The van der Waals surface area contributed by atoms with Gasteiger partial charge in [-0.15, -0.1) is 0 Å². The predicted octanol–water partition coefficient (Wildman–Crippen LogP) is 2.03. The van der Waals surface area contributed by atoms with Crippen molar-refractivity contribution in [3.05, 3.63) is 59.4 Å². The molecule has 0 bridgehead atoms. The zero-order valence-electron chi connectivity index (χ0n) is 11.0. The molecule has 0 aliphatic heterocycles. The molecule has 20 heavy (non-hydrogen) atoms. The summed E-state index contributed by atoms with van der Waals surface area (Å²) in [5, 5.41) is 11.6. The molecule has 0 saturated carbocycles. The Morgan fingerprint density at radius 2 is 2.00 bits per heavy atom. The van der Waals surface area contributed by atoms with E-state index in [1.54, 1.807) is 24.3 Å². The van der Waals surface area contributed by atoms with E-state index in [2.05, 4.69) is 16.4 Å². The lowest BCUT2D eigenvalue weighted by atomic mass is 10.1. The number of amides is 1. The van der Waals surface area contributed by atoms with Crippen molar-refractivity contribution in [2.45, 2.75) is 13.0 Å². The molecule has 0 fully saturated rings. The first-order chi connectivity index (χ1) is 9.60. The summed E-state index contributed by atoms with van der Waals surface area (Å²) in [5.41, 5.74) is 7.87. The van der Waals surface area contributed by atoms with Gasteiger partial charge in [-0.25, -0.2) is 4.98 Å². The van der Waals surface area contributed by atoms with Gasteiger partial charge in [0.25, 0.3) is 5.91 Å². The summed E-state index contributed by atoms with van der Waals surface area (Å²) < 4.78 is 0. The van der Waals surface area contributed by atoms with Crippen molar-refractivity contribution < 1.29 is 4.79 Å². The number of carbonyl (C=O) groups is 1. The van der Waals surface area contributed by atoms with Crippen LogP contribution in [0.25, 0.3) is 0 Å². The monoisotopic (exact) mass is 266 g/mol. The molecule has 0 aliphatic carbocycles. The van der Waals surface area contributed by atoms with Gasteiger partial charge < -0.3 is 11.1 Å². The zero-order chi connectivity index (χ0) is 14.5. The van der Waals surface area contributed by atoms with Crippen molar-refractivity contribution in [1.82, 2.24) is 10.3 Å². The van der Waals surface area contributed by atoms with Crippen LogP contribution in [0.5, 0.6) is 0 Å². The molecule has 1 aromatic heterocycles. The fourth-order valence-electron chi connectivity index (χ4n) is 1.74. The standard InChI is InChI=1S/C15H14N4O/c1-10(12-4-2-11(8-16)3-5-12)19-15(20)14-7-6-13(17)9-18-14/h2-7,9-10H,17H2,1H3,(H,19,20). The number of nitrogens with zero attached hydrogens (tertiary/aromatic N) is 2. The Balaban J connectivity index is 2.06. The molecule has 0 aliphatic rings. The Morgan fingerprint density at radius 1 is 1.30 bits per heavy atom. The Morgan fingerprint density at radius 3 is 2.55 bits per heavy atom. The van der Waals surface area contributed by atoms with Gasteiger partial charge in [0.15, 0.2) is 0 Å². The maximum absolute atomic E-state index is 12.0. The first kappa shape index (κ1) is 13.6. The fraction of sp³-hybridized carbons (Fsp3) is 0.133. The van der Waals surface area contributed by atoms with E-state index in [9.17, 15) is 4.79 Å². The van der Waals surface area contributed by atoms with Crippen LogP contribution in [0.15, 0.2) is 42.6 Å². The molecule has 100 valence electrons. The summed E-state index contributed by atoms with van der Waals surface area (Å²) in [6.07, 6.45) is 1.45. The summed E-state index contributed by atoms with van der Waals surface area (Å²) >= 11 is 0. The van der Waals surface area contributed by atoms with Crippen LogP contribution in [0.3, 0.4) is 0 Å². The van der Waals surface area contributed by atoms with E-state index < -0.39 is 0 Å². The number of aromatic nitrogens is 1. The van der Waals surface area contributed by atoms with Gasteiger partial charge in [0.05, 0.1) is 29.6 Å². The Kier molecular flexibility index (Phi) is 3.96. The van der Waals surface area contributed by atoms with E-state index in [0.29, 0.717) is 16.9 Å². The molecule has 2 aromatic rings. The maximum atomic E-state index is 12.0. The summed E-state index contributed by atoms with van der Waals surface area (Å²) in [6.45, 7) is 1.87. The lowest BCUT2D eigenvalue weighted by molar-refractivity contribution is 0.0935. The van der Waals surface area contributed by atoms with Gasteiger partial charge in [-0.05, 0) is 36.8 Å². The van der Waals surface area contributed by atoms with Crippen LogP contribution in [0, 0.1) is 11.3 Å². The molecule has 1 atom stereocenters. The van der Waals surface area contributed by atoms with Gasteiger partial charge in [-0.1, -0.05) is 12.1 Å². The number of nitrogens with one attached hydrogen (secondary N) is 1. The number of pyridine rings is 1. The first-order valence-electron chi connectivity index (χ1n) is 6.12. The van der Waals surface area contributed by atoms with Crippen molar-refractivity contribution in [3.63, 3.8) is 0 Å². The third-order valence-electron chi connectivity index (χ3n) is 2.91. The van der Waals surface area contributed by atoms with E-state index >= 15 is 0 Å². The highest BCUT2D eigenvalue weighted by Crippen LogP contribution is 2.14. The van der Waals surface area contributed by atoms with Gasteiger partial charge in [-0.2, -0.15) is 5.26 Å². The predicted molar refractivity (Wildman–Crippen MR) is 75.7 cm³/mol.